The summed E-state index contributed by atoms with van der Waals surface area (Å²) in [5.41, 5.74) is 25.9. The minimum Gasteiger partial charge on any atom is -0.493 e. The number of aliphatic hydroxyl groups is 2. The molecule has 0 spiro atoms. The van der Waals surface area contributed by atoms with Crippen molar-refractivity contribution >= 4 is 23.5 Å². The first-order valence-corrected chi connectivity index (χ1v) is 46.0. The summed E-state index contributed by atoms with van der Waals surface area (Å²) in [5, 5.41) is 14.0. The Labute approximate surface area is 654 Å². The summed E-state index contributed by atoms with van der Waals surface area (Å²) in [7, 11) is 2.00. The van der Waals surface area contributed by atoms with Crippen LogP contribution in [0.2, 0.25) is 0 Å². The van der Waals surface area contributed by atoms with Crippen LogP contribution in [0.1, 0.15) is 512 Å². The Morgan fingerprint density at radius 3 is 0.699 bits per heavy atom. The number of benzene rings is 2. The van der Waals surface area contributed by atoms with E-state index < -0.39 is 0 Å². The van der Waals surface area contributed by atoms with Gasteiger partial charge in [0.05, 0.1) is 0 Å². The van der Waals surface area contributed by atoms with Crippen LogP contribution in [0.3, 0.4) is 0 Å². The quantitative estimate of drug-likeness (QED) is 0.0394. The Balaban J connectivity index is 0.0000204. The average Bonchev–Trinajstić information content (AvgIpc) is 1.61. The topological polar surface area (TPSA) is 65.8 Å². The molecule has 0 amide bonds. The fourth-order valence-corrected chi connectivity index (χ4v) is 15.8. The van der Waals surface area contributed by atoms with Crippen molar-refractivity contribution in [2.24, 2.45) is 0 Å². The van der Waals surface area contributed by atoms with E-state index in [2.05, 4.69) is 102 Å². The van der Waals surface area contributed by atoms with Crippen LogP contribution in [-0.2, 0) is 29.3 Å². The van der Waals surface area contributed by atoms with Crippen LogP contribution >= 0.6 is 0 Å². The monoisotopic (exact) mass is 1470 g/mol. The summed E-state index contributed by atoms with van der Waals surface area (Å²) in [6.07, 6.45) is 105. The Morgan fingerprint density at radius 1 is 0.243 bits per heavy atom. The molecule has 600 valence electrons. The van der Waals surface area contributed by atoms with Crippen molar-refractivity contribution in [2.75, 3.05) is 14.2 Å². The number of unbranched alkanes of at least 4 members (excludes halogenated alkanes) is 60. The predicted octanol–water partition coefficient (Wildman–Crippen LogP) is 33.8. The molecule has 4 nitrogen and oxygen atoms in total. The first kappa shape index (κ1) is 100. The molecule has 2 N–H and O–H groups in total. The smallest absolute Gasteiger partial charge is 0.211 e. The molecule has 0 saturated heterocycles. The van der Waals surface area contributed by atoms with Gasteiger partial charge in [0.25, 0.3) is 0 Å². The Hall–Kier alpha value is -2.59. The van der Waals surface area contributed by atoms with Gasteiger partial charge in [0.2, 0.25) is 11.4 Å². The summed E-state index contributed by atoms with van der Waals surface area (Å²) in [5.74, 6) is 0. The maximum atomic E-state index is 13.1. The number of aliphatic hydroxyl groups excluding tert-OH is 2. The Kier molecular flexibility index (Phi) is 77.0. The van der Waals surface area contributed by atoms with Gasteiger partial charge in [-0.25, -0.2) is 4.70 Å². The van der Waals surface area contributed by atoms with Crippen LogP contribution < -0.4 is 0 Å². The van der Waals surface area contributed by atoms with Crippen molar-refractivity contribution in [1.82, 2.24) is 0 Å². The van der Waals surface area contributed by atoms with Crippen molar-refractivity contribution in [3.63, 3.8) is 0 Å². The normalized spacial score (nSPS) is 12.3. The fraction of sp³-hybridized carbons (Fsp3) is 0.796. The van der Waals surface area contributed by atoms with Crippen LogP contribution in [0.5, 0.6) is 0 Å². The van der Waals surface area contributed by atoms with Gasteiger partial charge in [0.15, 0.2) is 0 Å². The molecule has 0 aromatic heterocycles. The number of hydrogen-bond acceptors (Lipinski definition) is 2. The molecule has 0 saturated carbocycles. The second-order valence-electron chi connectivity index (χ2n) is 31.8. The number of hydrogen-bond donors (Lipinski definition) is 2. The van der Waals surface area contributed by atoms with E-state index >= 15 is 0 Å². The van der Waals surface area contributed by atoms with Crippen LogP contribution in [0.4, 0.5) is 0 Å². The molecule has 0 radical (unpaired) electrons. The van der Waals surface area contributed by atoms with E-state index in [-0.39, 0.29) is 16.5 Å². The molecule has 0 unspecified atom stereocenters. The molecule has 1 aliphatic heterocycles. The molecule has 0 aliphatic carbocycles. The fourth-order valence-electron chi connectivity index (χ4n) is 15.8. The maximum Gasteiger partial charge on any atom is 0.211 e. The number of rotatable bonds is 74. The van der Waals surface area contributed by atoms with E-state index in [1.807, 2.05) is 0 Å². The number of aryl methyl sites for hydroxylation is 2. The molecule has 2 aromatic rings. The largest absolute Gasteiger partial charge is 0.493 e. The van der Waals surface area contributed by atoms with Gasteiger partial charge in [-0.1, -0.05) is 444 Å². The molecular weight excluding hydrogens is 1300 g/mol. The van der Waals surface area contributed by atoms with Gasteiger partial charge in [0.1, 0.15) is 0 Å². The van der Waals surface area contributed by atoms with E-state index in [1.54, 1.807) is 4.70 Å². The van der Waals surface area contributed by atoms with Crippen LogP contribution in [0.15, 0.2) is 59.7 Å². The van der Waals surface area contributed by atoms with Crippen molar-refractivity contribution in [3.05, 3.63) is 98.6 Å². The average molecular weight is 1470 g/mol. The second-order valence-corrected chi connectivity index (χ2v) is 31.8. The zero-order valence-electron chi connectivity index (χ0n) is 70.4. The zero-order valence-corrected chi connectivity index (χ0v) is 71.4. The van der Waals surface area contributed by atoms with Gasteiger partial charge in [-0.05, 0) is 130 Å². The van der Waals surface area contributed by atoms with Crippen LogP contribution in [-0.4, -0.2) is 29.1 Å². The summed E-state index contributed by atoms with van der Waals surface area (Å²) in [6, 6.07) is 14.7. The Morgan fingerprint density at radius 2 is 0.447 bits per heavy atom. The van der Waals surface area contributed by atoms with Gasteiger partial charge in [-0.15, -0.1) is 0 Å². The summed E-state index contributed by atoms with van der Waals surface area (Å²) in [4.78, 5) is 0. The third-order valence-electron chi connectivity index (χ3n) is 22.2. The molecule has 3 rings (SSSR count). The molecule has 0 fully saturated rings. The first-order chi connectivity index (χ1) is 50.5. The summed E-state index contributed by atoms with van der Waals surface area (Å²) < 4.78 is 1.71. The van der Waals surface area contributed by atoms with Gasteiger partial charge in [-0.2, -0.15) is 0 Å². The Bertz CT molecular complexity index is 2160. The van der Waals surface area contributed by atoms with Crippen molar-refractivity contribution in [1.29, 1.82) is 0 Å². The molecule has 0 atom stereocenters. The molecule has 1 heterocycles. The molecule has 5 heteroatoms. The third-order valence-corrected chi connectivity index (χ3v) is 22.2. The van der Waals surface area contributed by atoms with E-state index in [0.717, 1.165) is 77.0 Å². The van der Waals surface area contributed by atoms with Crippen molar-refractivity contribution in [3.8, 4) is 0 Å². The predicted molar refractivity (Wildman–Crippen MR) is 460 cm³/mol. The van der Waals surface area contributed by atoms with Gasteiger partial charge < -0.3 is 15.7 Å². The maximum absolute atomic E-state index is 13.1. The van der Waals surface area contributed by atoms with Crippen LogP contribution in [0, 0.1) is 0 Å². The number of nitrogens with zero attached hydrogens (tertiary/aromatic N) is 2. The SMILES string of the molecule is CCCCCCCCCCCCCCCCCCCCCCCCCCCC=Cc1cc(C=CCCCCCCCCCCCCCCCCCCCCCCCCCCC)cc(C2=C(CCCC)C(CCCCCC)=C(c3cc(CCCCCC)cc(CCCCCC)c3)[N+]2=[N-])c1.CO.CO.[Ni]. The summed E-state index contributed by atoms with van der Waals surface area (Å²) in [6.45, 7) is 13.9. The molecule has 103 heavy (non-hydrogen) atoms. The van der Waals surface area contributed by atoms with Crippen LogP contribution in [0.25, 0.3) is 29.1 Å². The minimum atomic E-state index is 0. The third kappa shape index (κ3) is 56.3. The van der Waals surface area contributed by atoms with Crippen molar-refractivity contribution < 1.29 is 31.4 Å². The minimum absolute atomic E-state index is 0. The molecule has 1 aliphatic rings. The first-order valence-electron chi connectivity index (χ1n) is 46.0. The van der Waals surface area contributed by atoms with Gasteiger partial charge >= 0.3 is 0 Å². The van der Waals surface area contributed by atoms with Gasteiger partial charge in [0, 0.05) is 53.0 Å². The second kappa shape index (κ2) is 79.0. The summed E-state index contributed by atoms with van der Waals surface area (Å²) >= 11 is 0. The van der Waals surface area contributed by atoms with E-state index in [9.17, 15) is 5.53 Å². The molecular formula is C98H176N2NiO2. The van der Waals surface area contributed by atoms with E-state index in [1.165, 1.54) is 443 Å². The zero-order chi connectivity index (χ0) is 73.9. The van der Waals surface area contributed by atoms with E-state index in [0.29, 0.717) is 0 Å². The van der Waals surface area contributed by atoms with Crippen molar-refractivity contribution in [2.45, 2.75) is 491 Å². The molecule has 0 bridgehead atoms. The van der Waals surface area contributed by atoms with E-state index in [4.69, 9.17) is 10.2 Å². The van der Waals surface area contributed by atoms with Gasteiger partial charge in [-0.3, -0.25) is 0 Å². The number of allylic oxidation sites excluding steroid dienone is 4. The molecule has 2 aromatic carbocycles. The standard InChI is InChI=1S/C96H168N2.2CH4O.Ni/c1-7-13-19-24-26-28-30-32-34-36-38-40-42-44-46-48-50-52-54-56-58-60-62-64-66-68-72-77-89-82-90(78-73-69-67-65-63-61-59-57-55-53-51-49-47-45-43-41-39-37-35-33-31-29-27-25-20-14-8-2)86-91(85-89)95-93(79-18-12-6)94(80-74-23-17-11-5)96(98(95)97)92-83-87(75-70-21-15-9-3)81-88(84-92)76-71-22-16-10-4;2*1-2;/h72-73,77-78,81-86H,7-71,74-76,79-80H2,1-6H3;2*2H,1H3;.